The summed E-state index contributed by atoms with van der Waals surface area (Å²) in [5, 5.41) is 3.46. The van der Waals surface area contributed by atoms with E-state index in [-0.39, 0.29) is 5.41 Å². The van der Waals surface area contributed by atoms with E-state index in [9.17, 15) is 0 Å². The molecule has 2 rings (SSSR count). The molecule has 0 amide bonds. The zero-order valence-corrected chi connectivity index (χ0v) is 11.6. The van der Waals surface area contributed by atoms with Crippen LogP contribution in [0.2, 0.25) is 0 Å². The highest BCUT2D eigenvalue weighted by Crippen LogP contribution is 2.30. The minimum absolute atomic E-state index is 0.261. The Morgan fingerprint density at radius 3 is 2.29 bits per heavy atom. The van der Waals surface area contributed by atoms with E-state index >= 15 is 0 Å². The Balaban J connectivity index is 2.12. The van der Waals surface area contributed by atoms with Gasteiger partial charge in [-0.2, -0.15) is 0 Å². The van der Waals surface area contributed by atoms with Crippen molar-refractivity contribution in [3.8, 4) is 0 Å². The maximum absolute atomic E-state index is 3.46. The van der Waals surface area contributed by atoms with E-state index < -0.39 is 0 Å². The first-order chi connectivity index (χ1) is 7.98. The molecule has 1 heteroatoms. The Bertz CT molecular complexity index is 352. The van der Waals surface area contributed by atoms with E-state index in [1.807, 2.05) is 0 Å². The maximum Gasteiger partial charge on any atom is -0.00143 e. The molecule has 1 fully saturated rings. The van der Waals surface area contributed by atoms with Crippen molar-refractivity contribution in [2.75, 3.05) is 13.1 Å². The SMILES string of the molecule is CC(c1ccc(C(C)(C)C)cc1)C1CCNC1. The van der Waals surface area contributed by atoms with Crippen molar-refractivity contribution in [2.24, 2.45) is 5.92 Å². The van der Waals surface area contributed by atoms with Gasteiger partial charge < -0.3 is 5.32 Å². The summed E-state index contributed by atoms with van der Waals surface area (Å²) in [6, 6.07) is 9.25. The van der Waals surface area contributed by atoms with Crippen molar-refractivity contribution in [2.45, 2.75) is 45.4 Å². The number of rotatable bonds is 2. The van der Waals surface area contributed by atoms with E-state index in [0.717, 1.165) is 5.92 Å². The van der Waals surface area contributed by atoms with Gasteiger partial charge in [-0.3, -0.25) is 0 Å². The molecule has 1 aromatic carbocycles. The first-order valence-electron chi connectivity index (χ1n) is 6.79. The lowest BCUT2D eigenvalue weighted by atomic mass is 9.83. The molecule has 0 saturated carbocycles. The zero-order chi connectivity index (χ0) is 12.5. The third-order valence-electron chi connectivity index (χ3n) is 4.11. The van der Waals surface area contributed by atoms with Crippen LogP contribution in [-0.4, -0.2) is 13.1 Å². The van der Waals surface area contributed by atoms with Crippen LogP contribution >= 0.6 is 0 Å². The Hall–Kier alpha value is -0.820. The van der Waals surface area contributed by atoms with Crippen molar-refractivity contribution < 1.29 is 0 Å². The molecule has 1 saturated heterocycles. The molecule has 2 atom stereocenters. The highest BCUT2D eigenvalue weighted by molar-refractivity contribution is 5.29. The minimum Gasteiger partial charge on any atom is -0.316 e. The van der Waals surface area contributed by atoms with Gasteiger partial charge in [0.1, 0.15) is 0 Å². The van der Waals surface area contributed by atoms with Gasteiger partial charge in [-0.05, 0) is 47.9 Å². The summed E-state index contributed by atoms with van der Waals surface area (Å²) in [6.07, 6.45) is 1.32. The van der Waals surface area contributed by atoms with Crippen LogP contribution < -0.4 is 5.32 Å². The number of benzene rings is 1. The summed E-state index contributed by atoms with van der Waals surface area (Å²) >= 11 is 0. The molecule has 2 unspecified atom stereocenters. The van der Waals surface area contributed by atoms with E-state index in [2.05, 4.69) is 57.3 Å². The van der Waals surface area contributed by atoms with Crippen LogP contribution in [0.4, 0.5) is 0 Å². The minimum atomic E-state index is 0.261. The molecular formula is C16H25N. The highest BCUT2D eigenvalue weighted by atomic mass is 14.9. The molecule has 1 nitrogen and oxygen atoms in total. The van der Waals surface area contributed by atoms with Gasteiger partial charge in [0.05, 0.1) is 0 Å². The fraction of sp³-hybridized carbons (Fsp3) is 0.625. The molecule has 17 heavy (non-hydrogen) atoms. The molecule has 0 bridgehead atoms. The molecule has 0 aromatic heterocycles. The Morgan fingerprint density at radius 1 is 1.18 bits per heavy atom. The number of hydrogen-bond acceptors (Lipinski definition) is 1. The first-order valence-corrected chi connectivity index (χ1v) is 6.79. The lowest BCUT2D eigenvalue weighted by Gasteiger charge is -2.22. The summed E-state index contributed by atoms with van der Waals surface area (Å²) in [5.41, 5.74) is 3.18. The third kappa shape index (κ3) is 2.90. The summed E-state index contributed by atoms with van der Waals surface area (Å²) in [7, 11) is 0. The van der Waals surface area contributed by atoms with Gasteiger partial charge in [0.15, 0.2) is 0 Å². The standard InChI is InChI=1S/C16H25N/c1-12(14-9-10-17-11-14)13-5-7-15(8-6-13)16(2,3)4/h5-8,12,14,17H,9-11H2,1-4H3. The van der Waals surface area contributed by atoms with Gasteiger partial charge in [0.2, 0.25) is 0 Å². The molecule has 94 valence electrons. The molecule has 1 aliphatic heterocycles. The Morgan fingerprint density at radius 2 is 1.82 bits per heavy atom. The smallest absolute Gasteiger partial charge is 0.00143 e. The summed E-state index contributed by atoms with van der Waals surface area (Å²) in [5.74, 6) is 1.49. The molecule has 1 heterocycles. The van der Waals surface area contributed by atoms with Crippen LogP contribution in [0.15, 0.2) is 24.3 Å². The predicted octanol–water partition coefficient (Wildman–Crippen LogP) is 3.70. The van der Waals surface area contributed by atoms with Gasteiger partial charge in [-0.25, -0.2) is 0 Å². The first kappa shape index (κ1) is 12.6. The maximum atomic E-state index is 3.46. The fourth-order valence-electron chi connectivity index (χ4n) is 2.66. The summed E-state index contributed by atoms with van der Waals surface area (Å²) < 4.78 is 0. The van der Waals surface area contributed by atoms with Crippen LogP contribution in [0.3, 0.4) is 0 Å². The van der Waals surface area contributed by atoms with Gasteiger partial charge in [-0.15, -0.1) is 0 Å². The van der Waals surface area contributed by atoms with Crippen molar-refractivity contribution in [3.63, 3.8) is 0 Å². The van der Waals surface area contributed by atoms with E-state index in [4.69, 9.17) is 0 Å². The fourth-order valence-corrected chi connectivity index (χ4v) is 2.66. The molecule has 0 radical (unpaired) electrons. The largest absolute Gasteiger partial charge is 0.316 e. The lowest BCUT2D eigenvalue weighted by Crippen LogP contribution is -2.15. The van der Waals surface area contributed by atoms with Crippen LogP contribution in [0.5, 0.6) is 0 Å². The number of hydrogen-bond donors (Lipinski definition) is 1. The average Bonchev–Trinajstić information content (AvgIpc) is 2.80. The molecule has 1 N–H and O–H groups in total. The molecule has 1 aromatic rings. The monoisotopic (exact) mass is 231 g/mol. The van der Waals surface area contributed by atoms with Crippen molar-refractivity contribution in [3.05, 3.63) is 35.4 Å². The molecular weight excluding hydrogens is 206 g/mol. The van der Waals surface area contributed by atoms with E-state index in [1.165, 1.54) is 30.6 Å². The van der Waals surface area contributed by atoms with Gasteiger partial charge in [0.25, 0.3) is 0 Å². The van der Waals surface area contributed by atoms with Crippen LogP contribution in [-0.2, 0) is 5.41 Å². The average molecular weight is 231 g/mol. The topological polar surface area (TPSA) is 12.0 Å². The van der Waals surface area contributed by atoms with E-state index in [1.54, 1.807) is 0 Å². The zero-order valence-electron chi connectivity index (χ0n) is 11.6. The summed E-state index contributed by atoms with van der Waals surface area (Å²) in [4.78, 5) is 0. The van der Waals surface area contributed by atoms with Crippen molar-refractivity contribution in [1.82, 2.24) is 5.32 Å². The van der Waals surface area contributed by atoms with Gasteiger partial charge >= 0.3 is 0 Å². The summed E-state index contributed by atoms with van der Waals surface area (Å²) in [6.45, 7) is 11.5. The van der Waals surface area contributed by atoms with Crippen molar-refractivity contribution >= 4 is 0 Å². The highest BCUT2D eigenvalue weighted by Gasteiger charge is 2.22. The molecule has 0 aliphatic carbocycles. The molecule has 1 aliphatic rings. The van der Waals surface area contributed by atoms with Crippen LogP contribution in [0.1, 0.15) is 51.2 Å². The quantitative estimate of drug-likeness (QED) is 0.818. The van der Waals surface area contributed by atoms with Crippen molar-refractivity contribution in [1.29, 1.82) is 0 Å². The third-order valence-corrected chi connectivity index (χ3v) is 4.11. The van der Waals surface area contributed by atoms with Crippen LogP contribution in [0, 0.1) is 5.92 Å². The number of nitrogens with one attached hydrogen (secondary N) is 1. The second kappa shape index (κ2) is 4.81. The Labute approximate surface area is 106 Å². The van der Waals surface area contributed by atoms with Gasteiger partial charge in [-0.1, -0.05) is 52.0 Å². The van der Waals surface area contributed by atoms with E-state index in [0.29, 0.717) is 5.92 Å². The second-order valence-electron chi connectivity index (χ2n) is 6.41. The second-order valence-corrected chi connectivity index (χ2v) is 6.41. The lowest BCUT2D eigenvalue weighted by molar-refractivity contribution is 0.487. The van der Waals surface area contributed by atoms with Crippen LogP contribution in [0.25, 0.3) is 0 Å². The Kier molecular flexibility index (Phi) is 3.58. The predicted molar refractivity (Wildman–Crippen MR) is 74.5 cm³/mol. The normalized spacial score (nSPS) is 22.7. The molecule has 0 spiro atoms. The van der Waals surface area contributed by atoms with Gasteiger partial charge in [0, 0.05) is 0 Å².